The predicted octanol–water partition coefficient (Wildman–Crippen LogP) is 3.89. The Morgan fingerprint density at radius 3 is 2.82 bits per heavy atom. The molecular formula is C19H22N2O. The molecule has 1 aromatic heterocycles. The summed E-state index contributed by atoms with van der Waals surface area (Å²) in [5, 5.41) is 0. The van der Waals surface area contributed by atoms with Crippen LogP contribution in [0.3, 0.4) is 0 Å². The van der Waals surface area contributed by atoms with Crippen molar-refractivity contribution in [2.75, 3.05) is 0 Å². The van der Waals surface area contributed by atoms with E-state index in [9.17, 15) is 4.79 Å². The molecule has 3 heteroatoms. The maximum Gasteiger partial charge on any atom is 0.135 e. The van der Waals surface area contributed by atoms with E-state index in [0.29, 0.717) is 12.3 Å². The van der Waals surface area contributed by atoms with Crippen molar-refractivity contribution in [3.63, 3.8) is 0 Å². The van der Waals surface area contributed by atoms with Crippen molar-refractivity contribution in [3.8, 4) is 0 Å². The molecule has 2 atom stereocenters. The molecule has 114 valence electrons. The van der Waals surface area contributed by atoms with E-state index >= 15 is 0 Å². The van der Waals surface area contributed by atoms with Gasteiger partial charge in [0, 0.05) is 12.1 Å². The van der Waals surface area contributed by atoms with E-state index < -0.39 is 0 Å². The number of Topliss-reactive ketones (excluding diaryl/α,β-unsaturated/α-hetero) is 1. The van der Waals surface area contributed by atoms with Crippen molar-refractivity contribution < 1.29 is 4.79 Å². The summed E-state index contributed by atoms with van der Waals surface area (Å²) in [5.41, 5.74) is 6.37. The van der Waals surface area contributed by atoms with Crippen molar-refractivity contribution in [3.05, 3.63) is 52.5 Å². The van der Waals surface area contributed by atoms with Gasteiger partial charge in [0.2, 0.25) is 0 Å². The van der Waals surface area contributed by atoms with Crippen LogP contribution in [0, 0.1) is 11.8 Å². The van der Waals surface area contributed by atoms with Crippen LogP contribution in [0.25, 0.3) is 0 Å². The first kappa shape index (κ1) is 14.9. The number of hydrogen-bond acceptors (Lipinski definition) is 3. The molecule has 0 aromatic carbocycles. The number of pyridine rings is 1. The molecule has 2 aliphatic rings. The molecule has 2 unspecified atom stereocenters. The first-order chi connectivity index (χ1) is 10.5. The normalized spacial score (nSPS) is 24.0. The minimum Gasteiger partial charge on any atom is -0.300 e. The molecule has 1 saturated carbocycles. The molecule has 3 rings (SSSR count). The van der Waals surface area contributed by atoms with Gasteiger partial charge >= 0.3 is 0 Å². The highest BCUT2D eigenvalue weighted by Gasteiger charge is 2.40. The fourth-order valence-electron chi connectivity index (χ4n) is 3.22. The number of allylic oxidation sites excluding steroid dienone is 3. The highest BCUT2D eigenvalue weighted by molar-refractivity contribution is 5.98. The van der Waals surface area contributed by atoms with Gasteiger partial charge in [-0.05, 0) is 69.2 Å². The fourth-order valence-corrected chi connectivity index (χ4v) is 3.22. The average Bonchev–Trinajstić information content (AvgIpc) is 3.22. The van der Waals surface area contributed by atoms with Crippen molar-refractivity contribution in [2.24, 2.45) is 16.8 Å². The number of aliphatic imine (C=N–C) groups is 1. The van der Waals surface area contributed by atoms with E-state index in [0.717, 1.165) is 28.7 Å². The van der Waals surface area contributed by atoms with Crippen LogP contribution in [0.1, 0.15) is 45.5 Å². The Balaban J connectivity index is 1.90. The monoisotopic (exact) mass is 294 g/mol. The van der Waals surface area contributed by atoms with Gasteiger partial charge in [-0.2, -0.15) is 0 Å². The summed E-state index contributed by atoms with van der Waals surface area (Å²) >= 11 is 0. The second kappa shape index (κ2) is 5.64. The van der Waals surface area contributed by atoms with Gasteiger partial charge < -0.3 is 0 Å². The Bertz CT molecular complexity index is 725. The molecule has 0 saturated heterocycles. The SMILES string of the molecule is CC(=O)Cc1cccc(C(C)=NC2=C(C)C3CC3C=C2C)n1. The van der Waals surface area contributed by atoms with Gasteiger partial charge in [-0.25, -0.2) is 0 Å². The van der Waals surface area contributed by atoms with Crippen LogP contribution in [0.4, 0.5) is 0 Å². The van der Waals surface area contributed by atoms with E-state index in [1.54, 1.807) is 6.92 Å². The summed E-state index contributed by atoms with van der Waals surface area (Å²) in [4.78, 5) is 20.7. The topological polar surface area (TPSA) is 42.3 Å². The molecule has 0 radical (unpaired) electrons. The quantitative estimate of drug-likeness (QED) is 0.791. The number of nitrogens with zero attached hydrogens (tertiary/aromatic N) is 2. The lowest BCUT2D eigenvalue weighted by Gasteiger charge is -2.14. The molecular weight excluding hydrogens is 272 g/mol. The van der Waals surface area contributed by atoms with Gasteiger partial charge in [0.25, 0.3) is 0 Å². The average molecular weight is 294 g/mol. The zero-order valence-electron chi connectivity index (χ0n) is 13.7. The van der Waals surface area contributed by atoms with Crippen LogP contribution < -0.4 is 0 Å². The molecule has 2 aliphatic carbocycles. The van der Waals surface area contributed by atoms with Gasteiger partial charge in [-0.3, -0.25) is 14.8 Å². The summed E-state index contributed by atoms with van der Waals surface area (Å²) in [6, 6.07) is 5.80. The third-order valence-electron chi connectivity index (χ3n) is 4.49. The van der Waals surface area contributed by atoms with E-state index in [4.69, 9.17) is 4.99 Å². The Morgan fingerprint density at radius 2 is 2.09 bits per heavy atom. The van der Waals surface area contributed by atoms with Crippen molar-refractivity contribution in [1.82, 2.24) is 4.98 Å². The highest BCUT2D eigenvalue weighted by atomic mass is 16.1. The van der Waals surface area contributed by atoms with Crippen LogP contribution in [0.5, 0.6) is 0 Å². The molecule has 1 fully saturated rings. The highest BCUT2D eigenvalue weighted by Crippen LogP contribution is 2.50. The third kappa shape index (κ3) is 2.94. The summed E-state index contributed by atoms with van der Waals surface area (Å²) in [6.07, 6.45) is 4.00. The second-order valence-electron chi connectivity index (χ2n) is 6.48. The Labute approximate surface area is 131 Å². The predicted molar refractivity (Wildman–Crippen MR) is 88.9 cm³/mol. The summed E-state index contributed by atoms with van der Waals surface area (Å²) in [7, 11) is 0. The van der Waals surface area contributed by atoms with Gasteiger partial charge in [-0.1, -0.05) is 12.1 Å². The second-order valence-corrected chi connectivity index (χ2v) is 6.48. The third-order valence-corrected chi connectivity index (χ3v) is 4.49. The van der Waals surface area contributed by atoms with Gasteiger partial charge in [0.15, 0.2) is 0 Å². The number of carbonyl (C=O) groups is 1. The lowest BCUT2D eigenvalue weighted by Crippen LogP contribution is -2.06. The van der Waals surface area contributed by atoms with Crippen LogP contribution in [-0.2, 0) is 11.2 Å². The van der Waals surface area contributed by atoms with Gasteiger partial charge in [0.05, 0.1) is 17.1 Å². The zero-order valence-corrected chi connectivity index (χ0v) is 13.7. The molecule has 0 N–H and O–H groups in total. The summed E-state index contributed by atoms with van der Waals surface area (Å²) in [6.45, 7) is 7.93. The maximum atomic E-state index is 11.3. The first-order valence-electron chi connectivity index (χ1n) is 7.86. The number of rotatable bonds is 4. The summed E-state index contributed by atoms with van der Waals surface area (Å²) in [5.74, 6) is 1.58. The van der Waals surface area contributed by atoms with Crippen LogP contribution in [0.15, 0.2) is 46.1 Å². The number of aromatic nitrogens is 1. The van der Waals surface area contributed by atoms with E-state index in [-0.39, 0.29) is 5.78 Å². The molecule has 1 heterocycles. The number of fused-ring (bicyclic) bond motifs is 1. The number of carbonyl (C=O) groups excluding carboxylic acids is 1. The smallest absolute Gasteiger partial charge is 0.135 e. The Morgan fingerprint density at radius 1 is 1.32 bits per heavy atom. The van der Waals surface area contributed by atoms with E-state index in [2.05, 4.69) is 24.9 Å². The number of hydrogen-bond donors (Lipinski definition) is 0. The fraction of sp³-hybridized carbons (Fsp3) is 0.421. The molecule has 0 aliphatic heterocycles. The molecule has 1 aromatic rings. The lowest BCUT2D eigenvalue weighted by atomic mass is 9.98. The van der Waals surface area contributed by atoms with Crippen molar-refractivity contribution in [2.45, 2.75) is 40.5 Å². The Kier molecular flexibility index (Phi) is 3.81. The minimum atomic E-state index is 0.128. The van der Waals surface area contributed by atoms with Crippen molar-refractivity contribution in [1.29, 1.82) is 0 Å². The van der Waals surface area contributed by atoms with Gasteiger partial charge in [0.1, 0.15) is 5.78 Å². The maximum absolute atomic E-state index is 11.3. The lowest BCUT2D eigenvalue weighted by molar-refractivity contribution is -0.116. The number of ketones is 1. The first-order valence-corrected chi connectivity index (χ1v) is 7.86. The molecule has 22 heavy (non-hydrogen) atoms. The van der Waals surface area contributed by atoms with E-state index in [1.807, 2.05) is 25.1 Å². The van der Waals surface area contributed by atoms with Crippen molar-refractivity contribution >= 4 is 11.5 Å². The van der Waals surface area contributed by atoms with Crippen LogP contribution >= 0.6 is 0 Å². The standard InChI is InChI=1S/C19H22N2O/c1-11-8-15-10-17(15)13(3)19(11)20-14(4)18-7-5-6-16(21-18)9-12(2)22/h5-8,15,17H,9-10H2,1-4H3. The van der Waals surface area contributed by atoms with E-state index in [1.165, 1.54) is 17.6 Å². The summed E-state index contributed by atoms with van der Waals surface area (Å²) < 4.78 is 0. The molecule has 0 amide bonds. The largest absolute Gasteiger partial charge is 0.300 e. The van der Waals surface area contributed by atoms with Crippen LogP contribution in [0.2, 0.25) is 0 Å². The molecule has 0 bridgehead atoms. The molecule has 0 spiro atoms. The van der Waals surface area contributed by atoms with Crippen LogP contribution in [-0.4, -0.2) is 16.5 Å². The minimum absolute atomic E-state index is 0.128. The van der Waals surface area contributed by atoms with Gasteiger partial charge in [-0.15, -0.1) is 0 Å². The zero-order chi connectivity index (χ0) is 15.9. The molecule has 3 nitrogen and oxygen atoms in total. The Hall–Kier alpha value is -2.03.